The SMILES string of the molecule is CCOC(=O)C1=C(C)N=c2sc(=Cc3ccccc3OCC(=O)Nc3ccccc3)c(=O)n2C1c1ccccc1. The Morgan fingerprint density at radius 1 is 1.00 bits per heavy atom. The molecule has 1 N–H and O–H groups in total. The predicted molar refractivity (Wildman–Crippen MR) is 154 cm³/mol. The van der Waals surface area contributed by atoms with Gasteiger partial charge in [0.15, 0.2) is 11.4 Å². The molecule has 1 aliphatic rings. The van der Waals surface area contributed by atoms with E-state index in [1.165, 1.54) is 11.3 Å². The Balaban J connectivity index is 1.51. The summed E-state index contributed by atoms with van der Waals surface area (Å²) < 4.78 is 13.1. The molecule has 0 radical (unpaired) electrons. The smallest absolute Gasteiger partial charge is 0.338 e. The van der Waals surface area contributed by atoms with Gasteiger partial charge >= 0.3 is 5.97 Å². The first-order valence-corrected chi connectivity index (χ1v) is 13.6. The van der Waals surface area contributed by atoms with Crippen molar-refractivity contribution < 1.29 is 19.1 Å². The Hall–Kier alpha value is -4.76. The summed E-state index contributed by atoms with van der Waals surface area (Å²) >= 11 is 1.23. The molecule has 1 aromatic heterocycles. The molecule has 0 spiro atoms. The van der Waals surface area contributed by atoms with Crippen LogP contribution in [0.1, 0.15) is 31.0 Å². The number of nitrogens with zero attached hydrogens (tertiary/aromatic N) is 2. The average Bonchev–Trinajstić information content (AvgIpc) is 3.26. The maximum absolute atomic E-state index is 13.8. The standard InChI is InChI=1S/C31H27N3O5S/c1-3-38-30(37)27-20(2)32-31-34(28(27)21-12-6-4-7-13-21)29(36)25(40-31)18-22-14-10-11-17-24(22)39-19-26(35)33-23-15-8-5-9-16-23/h4-18,28H,3,19H2,1-2H3,(H,33,35). The Morgan fingerprint density at radius 2 is 1.68 bits per heavy atom. The number of anilines is 1. The Kier molecular flexibility index (Phi) is 8.02. The van der Waals surface area contributed by atoms with Crippen molar-refractivity contribution in [1.29, 1.82) is 0 Å². The Morgan fingerprint density at radius 3 is 2.40 bits per heavy atom. The van der Waals surface area contributed by atoms with Gasteiger partial charge in [-0.3, -0.25) is 14.2 Å². The van der Waals surface area contributed by atoms with E-state index >= 15 is 0 Å². The molecule has 1 amide bonds. The lowest BCUT2D eigenvalue weighted by molar-refractivity contribution is -0.139. The van der Waals surface area contributed by atoms with Crippen LogP contribution in [0.3, 0.4) is 0 Å². The normalized spacial score (nSPS) is 14.8. The molecule has 2 heterocycles. The quantitative estimate of drug-likeness (QED) is 0.335. The van der Waals surface area contributed by atoms with Gasteiger partial charge in [0.05, 0.1) is 28.5 Å². The highest BCUT2D eigenvalue weighted by molar-refractivity contribution is 7.07. The van der Waals surface area contributed by atoms with Crippen LogP contribution in [0.15, 0.2) is 106 Å². The first-order valence-electron chi connectivity index (χ1n) is 12.8. The summed E-state index contributed by atoms with van der Waals surface area (Å²) in [6.07, 6.45) is 1.72. The van der Waals surface area contributed by atoms with Crippen molar-refractivity contribution in [2.75, 3.05) is 18.5 Å². The third kappa shape index (κ3) is 5.64. The molecule has 9 heteroatoms. The summed E-state index contributed by atoms with van der Waals surface area (Å²) in [6, 6.07) is 25.0. The van der Waals surface area contributed by atoms with Crippen LogP contribution in [0.4, 0.5) is 5.69 Å². The van der Waals surface area contributed by atoms with Gasteiger partial charge < -0.3 is 14.8 Å². The fraction of sp³-hybridized carbons (Fsp3) is 0.161. The molecule has 4 aromatic rings. The molecule has 1 atom stereocenters. The van der Waals surface area contributed by atoms with Gasteiger partial charge in [0, 0.05) is 11.3 Å². The van der Waals surface area contributed by atoms with Gasteiger partial charge in [0.2, 0.25) is 0 Å². The summed E-state index contributed by atoms with van der Waals surface area (Å²) in [6.45, 7) is 3.51. The topological polar surface area (TPSA) is 99.0 Å². The van der Waals surface area contributed by atoms with Gasteiger partial charge in [0.1, 0.15) is 5.75 Å². The third-order valence-electron chi connectivity index (χ3n) is 6.25. The number of nitrogens with one attached hydrogen (secondary N) is 1. The lowest BCUT2D eigenvalue weighted by atomic mass is 9.96. The lowest BCUT2D eigenvalue weighted by Crippen LogP contribution is -2.39. The van der Waals surface area contributed by atoms with E-state index in [0.717, 1.165) is 5.56 Å². The zero-order valence-electron chi connectivity index (χ0n) is 22.0. The molecule has 1 unspecified atom stereocenters. The molecular weight excluding hydrogens is 526 g/mol. The number of rotatable bonds is 8. The number of thiazole rings is 1. The fourth-order valence-electron chi connectivity index (χ4n) is 4.48. The molecule has 1 aliphatic heterocycles. The number of ether oxygens (including phenoxy) is 2. The van der Waals surface area contributed by atoms with E-state index in [9.17, 15) is 14.4 Å². The van der Waals surface area contributed by atoms with Crippen molar-refractivity contribution in [3.63, 3.8) is 0 Å². The summed E-state index contributed by atoms with van der Waals surface area (Å²) in [5.41, 5.74) is 2.64. The van der Waals surface area contributed by atoms with Crippen molar-refractivity contribution in [1.82, 2.24) is 4.57 Å². The molecule has 3 aromatic carbocycles. The minimum Gasteiger partial charge on any atom is -0.483 e. The number of amides is 1. The zero-order chi connectivity index (χ0) is 28.1. The molecule has 0 fully saturated rings. The highest BCUT2D eigenvalue weighted by Gasteiger charge is 2.33. The number of carbonyl (C=O) groups is 2. The second-order valence-corrected chi connectivity index (χ2v) is 9.96. The van der Waals surface area contributed by atoms with Gasteiger partial charge in [-0.1, -0.05) is 78.1 Å². The van der Waals surface area contributed by atoms with Gasteiger partial charge in [-0.25, -0.2) is 9.79 Å². The monoisotopic (exact) mass is 553 g/mol. The highest BCUT2D eigenvalue weighted by Crippen LogP contribution is 2.30. The second-order valence-electron chi connectivity index (χ2n) is 8.95. The number of hydrogen-bond donors (Lipinski definition) is 1. The summed E-state index contributed by atoms with van der Waals surface area (Å²) in [5, 5.41) is 2.79. The van der Waals surface area contributed by atoms with Crippen LogP contribution in [0.5, 0.6) is 5.75 Å². The van der Waals surface area contributed by atoms with E-state index in [1.807, 2.05) is 60.7 Å². The zero-order valence-corrected chi connectivity index (χ0v) is 22.8. The summed E-state index contributed by atoms with van der Waals surface area (Å²) in [5.74, 6) is -0.343. The number of esters is 1. The van der Waals surface area contributed by atoms with Crippen LogP contribution < -0.4 is 24.9 Å². The number of benzene rings is 3. The fourth-order valence-corrected chi connectivity index (χ4v) is 5.51. The number of carbonyl (C=O) groups excluding carboxylic acids is 2. The molecule has 0 aliphatic carbocycles. The molecule has 5 rings (SSSR count). The van der Waals surface area contributed by atoms with Crippen molar-refractivity contribution >= 4 is 35.0 Å². The van der Waals surface area contributed by atoms with Crippen molar-refractivity contribution in [2.45, 2.75) is 19.9 Å². The van der Waals surface area contributed by atoms with Crippen LogP contribution >= 0.6 is 11.3 Å². The molecule has 202 valence electrons. The molecule has 8 nitrogen and oxygen atoms in total. The first-order chi connectivity index (χ1) is 19.5. The Labute approximate surface area is 234 Å². The van der Waals surface area contributed by atoms with E-state index in [1.54, 1.807) is 48.8 Å². The second kappa shape index (κ2) is 12.0. The molecule has 40 heavy (non-hydrogen) atoms. The van der Waals surface area contributed by atoms with E-state index in [-0.39, 0.29) is 24.7 Å². The first kappa shape index (κ1) is 26.8. The molecule has 0 saturated carbocycles. The number of para-hydroxylation sites is 2. The van der Waals surface area contributed by atoms with Crippen LogP contribution in [0, 0.1) is 0 Å². The molecular formula is C31H27N3O5S. The maximum atomic E-state index is 13.8. The largest absolute Gasteiger partial charge is 0.483 e. The van der Waals surface area contributed by atoms with Crippen molar-refractivity contribution in [3.05, 3.63) is 127 Å². The van der Waals surface area contributed by atoms with E-state index in [4.69, 9.17) is 9.47 Å². The average molecular weight is 554 g/mol. The predicted octanol–water partition coefficient (Wildman–Crippen LogP) is 3.82. The summed E-state index contributed by atoms with van der Waals surface area (Å²) in [7, 11) is 0. The van der Waals surface area contributed by atoms with Crippen LogP contribution in [-0.2, 0) is 14.3 Å². The number of fused-ring (bicyclic) bond motifs is 1. The van der Waals surface area contributed by atoms with Crippen LogP contribution in [0.2, 0.25) is 0 Å². The summed E-state index contributed by atoms with van der Waals surface area (Å²) in [4.78, 5) is 44.3. The van der Waals surface area contributed by atoms with Gasteiger partial charge in [0.25, 0.3) is 11.5 Å². The molecule has 0 saturated heterocycles. The Bertz CT molecular complexity index is 1760. The van der Waals surface area contributed by atoms with Crippen LogP contribution in [-0.4, -0.2) is 29.7 Å². The number of aromatic nitrogens is 1. The van der Waals surface area contributed by atoms with Crippen molar-refractivity contribution in [3.8, 4) is 5.75 Å². The minimum absolute atomic E-state index is 0.197. The van der Waals surface area contributed by atoms with E-state index < -0.39 is 12.0 Å². The van der Waals surface area contributed by atoms with Crippen molar-refractivity contribution in [2.24, 2.45) is 4.99 Å². The number of hydrogen-bond acceptors (Lipinski definition) is 7. The van der Waals surface area contributed by atoms with Gasteiger partial charge in [-0.05, 0) is 43.7 Å². The third-order valence-corrected chi connectivity index (χ3v) is 7.24. The van der Waals surface area contributed by atoms with E-state index in [2.05, 4.69) is 10.3 Å². The molecule has 0 bridgehead atoms. The lowest BCUT2D eigenvalue weighted by Gasteiger charge is -2.24. The van der Waals surface area contributed by atoms with E-state index in [0.29, 0.717) is 37.6 Å². The maximum Gasteiger partial charge on any atom is 0.338 e. The highest BCUT2D eigenvalue weighted by atomic mass is 32.1. The number of allylic oxidation sites excluding steroid dienone is 1. The van der Waals surface area contributed by atoms with Gasteiger partial charge in [-0.15, -0.1) is 0 Å². The van der Waals surface area contributed by atoms with Crippen LogP contribution in [0.25, 0.3) is 6.08 Å². The van der Waals surface area contributed by atoms with Gasteiger partial charge in [-0.2, -0.15) is 0 Å². The minimum atomic E-state index is -0.674.